The van der Waals surface area contributed by atoms with Gasteiger partial charge in [0.15, 0.2) is 5.82 Å². The summed E-state index contributed by atoms with van der Waals surface area (Å²) in [6.07, 6.45) is 3.63. The van der Waals surface area contributed by atoms with Crippen LogP contribution in [-0.2, 0) is 9.59 Å². The maximum atomic E-state index is 12.7. The van der Waals surface area contributed by atoms with Crippen molar-refractivity contribution in [2.45, 2.75) is 26.7 Å². The van der Waals surface area contributed by atoms with Crippen LogP contribution in [0.1, 0.15) is 34.5 Å². The summed E-state index contributed by atoms with van der Waals surface area (Å²) in [6, 6.07) is 10.6. The summed E-state index contributed by atoms with van der Waals surface area (Å²) in [5.74, 6) is -0.0748. The third-order valence-electron chi connectivity index (χ3n) is 4.87. The van der Waals surface area contributed by atoms with Crippen molar-refractivity contribution in [3.05, 3.63) is 65.6 Å². The number of carbonyl (C=O) groups excluding carboxylic acids is 3. The summed E-state index contributed by atoms with van der Waals surface area (Å²) in [5.41, 5.74) is 2.95. The van der Waals surface area contributed by atoms with Crippen molar-refractivity contribution < 1.29 is 14.4 Å². The Kier molecular flexibility index (Phi) is 4.67. The normalized spacial score (nSPS) is 13.8. The van der Waals surface area contributed by atoms with Crippen molar-refractivity contribution in [3.63, 3.8) is 0 Å². The molecule has 3 aromatic rings. The van der Waals surface area contributed by atoms with Crippen LogP contribution < -0.4 is 10.2 Å². The van der Waals surface area contributed by atoms with Crippen LogP contribution in [0.3, 0.4) is 0 Å². The average Bonchev–Trinajstić information content (AvgIpc) is 3.25. The van der Waals surface area contributed by atoms with Crippen LogP contribution in [0.2, 0.25) is 0 Å². The number of rotatable bonds is 4. The number of benzene rings is 1. The van der Waals surface area contributed by atoms with Gasteiger partial charge in [-0.3, -0.25) is 19.3 Å². The smallest absolute Gasteiger partial charge is 0.259 e. The summed E-state index contributed by atoms with van der Waals surface area (Å²) >= 11 is 0. The zero-order valence-corrected chi connectivity index (χ0v) is 16.0. The van der Waals surface area contributed by atoms with Crippen molar-refractivity contribution in [3.8, 4) is 5.82 Å². The highest BCUT2D eigenvalue weighted by Gasteiger charge is 2.31. The number of aryl methyl sites for hydroxylation is 1. The van der Waals surface area contributed by atoms with Crippen LogP contribution in [0.25, 0.3) is 5.82 Å². The Bertz CT molecular complexity index is 1100. The van der Waals surface area contributed by atoms with E-state index >= 15 is 0 Å². The highest BCUT2D eigenvalue weighted by Crippen LogP contribution is 2.28. The molecule has 29 heavy (non-hydrogen) atoms. The number of amides is 3. The van der Waals surface area contributed by atoms with Crippen LogP contribution in [-0.4, -0.2) is 32.5 Å². The molecule has 0 aliphatic carbocycles. The molecule has 0 atom stereocenters. The number of carbonyl (C=O) groups is 3. The summed E-state index contributed by atoms with van der Waals surface area (Å²) < 4.78 is 1.61. The van der Waals surface area contributed by atoms with Crippen LogP contribution in [0.15, 0.2) is 48.8 Å². The molecule has 1 fully saturated rings. The molecule has 1 N–H and O–H groups in total. The molecule has 0 radical (unpaired) electrons. The second-order valence-electron chi connectivity index (χ2n) is 6.82. The third-order valence-corrected chi connectivity index (χ3v) is 4.87. The predicted molar refractivity (Wildman–Crippen MR) is 107 cm³/mol. The molecule has 3 amide bonds. The van der Waals surface area contributed by atoms with E-state index in [1.807, 2.05) is 18.2 Å². The Morgan fingerprint density at radius 2 is 1.83 bits per heavy atom. The largest absolute Gasteiger partial charge is 0.322 e. The fourth-order valence-corrected chi connectivity index (χ4v) is 3.37. The summed E-state index contributed by atoms with van der Waals surface area (Å²) in [4.78, 5) is 42.1. The van der Waals surface area contributed by atoms with E-state index in [0.717, 1.165) is 5.56 Å². The van der Waals surface area contributed by atoms with Crippen LogP contribution in [0.4, 0.5) is 11.4 Å². The SMILES string of the molecule is Cc1cc(NC(=O)c2cnn(-c3ccccn3)c2C)ccc1N1C(=O)CCC1=O. The minimum Gasteiger partial charge on any atom is -0.322 e. The second kappa shape index (κ2) is 7.31. The number of hydrogen-bond donors (Lipinski definition) is 1. The third kappa shape index (κ3) is 3.40. The van der Waals surface area contributed by atoms with E-state index in [0.29, 0.717) is 28.5 Å². The van der Waals surface area contributed by atoms with Crippen molar-refractivity contribution in [1.29, 1.82) is 0 Å². The van der Waals surface area contributed by atoms with Gasteiger partial charge in [-0.2, -0.15) is 5.10 Å². The zero-order chi connectivity index (χ0) is 20.5. The topological polar surface area (TPSA) is 97.2 Å². The number of nitrogens with zero attached hydrogens (tertiary/aromatic N) is 4. The van der Waals surface area contributed by atoms with Gasteiger partial charge >= 0.3 is 0 Å². The van der Waals surface area contributed by atoms with E-state index in [4.69, 9.17) is 0 Å². The molecule has 1 saturated heterocycles. The number of imide groups is 1. The molecule has 0 spiro atoms. The maximum Gasteiger partial charge on any atom is 0.259 e. The molecule has 0 bridgehead atoms. The highest BCUT2D eigenvalue weighted by atomic mass is 16.2. The van der Waals surface area contributed by atoms with E-state index in [2.05, 4.69) is 15.4 Å². The van der Waals surface area contributed by atoms with Gasteiger partial charge in [-0.15, -0.1) is 0 Å². The van der Waals surface area contributed by atoms with Gasteiger partial charge in [0.25, 0.3) is 5.91 Å². The number of hydrogen-bond acceptors (Lipinski definition) is 5. The summed E-state index contributed by atoms with van der Waals surface area (Å²) in [7, 11) is 0. The number of nitrogens with one attached hydrogen (secondary N) is 1. The minimum atomic E-state index is -0.301. The number of anilines is 2. The Morgan fingerprint density at radius 3 is 2.48 bits per heavy atom. The lowest BCUT2D eigenvalue weighted by Gasteiger charge is -2.17. The summed E-state index contributed by atoms with van der Waals surface area (Å²) in [5, 5.41) is 7.10. The number of pyridine rings is 1. The Morgan fingerprint density at radius 1 is 1.07 bits per heavy atom. The van der Waals surface area contributed by atoms with Gasteiger partial charge < -0.3 is 5.32 Å². The Balaban J connectivity index is 1.55. The van der Waals surface area contributed by atoms with Crippen molar-refractivity contribution in [2.24, 2.45) is 0 Å². The molecular formula is C21H19N5O3. The quantitative estimate of drug-likeness (QED) is 0.692. The first kappa shape index (κ1) is 18.5. The van der Waals surface area contributed by atoms with Crippen molar-refractivity contribution in [2.75, 3.05) is 10.2 Å². The molecule has 8 heteroatoms. The fourth-order valence-electron chi connectivity index (χ4n) is 3.37. The van der Waals surface area contributed by atoms with Gasteiger partial charge in [0, 0.05) is 24.7 Å². The molecule has 3 heterocycles. The first-order valence-corrected chi connectivity index (χ1v) is 9.19. The standard InChI is InChI=1S/C21H19N5O3/c1-13-11-15(6-7-17(13)25-19(27)8-9-20(25)28)24-21(29)16-12-23-26(14(16)2)18-5-3-4-10-22-18/h3-7,10-12H,8-9H2,1-2H3,(H,24,29). The van der Waals surface area contributed by atoms with Gasteiger partial charge in [0.05, 0.1) is 23.1 Å². The zero-order valence-electron chi connectivity index (χ0n) is 16.0. The molecule has 1 aromatic carbocycles. The molecule has 1 aliphatic heterocycles. The predicted octanol–water partition coefficient (Wildman–Crippen LogP) is 2.79. The molecule has 1 aliphatic rings. The van der Waals surface area contributed by atoms with Gasteiger partial charge in [0.2, 0.25) is 11.8 Å². The van der Waals surface area contributed by atoms with Crippen LogP contribution in [0.5, 0.6) is 0 Å². The summed E-state index contributed by atoms with van der Waals surface area (Å²) in [6.45, 7) is 3.60. The monoisotopic (exact) mass is 389 g/mol. The molecule has 4 rings (SSSR count). The lowest BCUT2D eigenvalue weighted by molar-refractivity contribution is -0.121. The first-order chi connectivity index (χ1) is 14.0. The van der Waals surface area contributed by atoms with Crippen molar-refractivity contribution in [1.82, 2.24) is 14.8 Å². The Hall–Kier alpha value is -3.81. The molecule has 0 unspecified atom stereocenters. The lowest BCUT2D eigenvalue weighted by atomic mass is 10.1. The van der Waals surface area contributed by atoms with Crippen LogP contribution in [0, 0.1) is 13.8 Å². The van der Waals surface area contributed by atoms with Gasteiger partial charge in [-0.25, -0.2) is 9.67 Å². The minimum absolute atomic E-state index is 0.201. The fraction of sp³-hybridized carbons (Fsp3) is 0.190. The van der Waals surface area contributed by atoms with Gasteiger partial charge in [-0.1, -0.05) is 6.07 Å². The first-order valence-electron chi connectivity index (χ1n) is 9.19. The van der Waals surface area contributed by atoms with E-state index in [1.54, 1.807) is 42.9 Å². The van der Waals surface area contributed by atoms with Gasteiger partial charge in [0.1, 0.15) is 0 Å². The molecule has 146 valence electrons. The maximum absolute atomic E-state index is 12.7. The molecule has 0 saturated carbocycles. The van der Waals surface area contributed by atoms with Crippen LogP contribution >= 0.6 is 0 Å². The van der Waals surface area contributed by atoms with E-state index < -0.39 is 0 Å². The van der Waals surface area contributed by atoms with E-state index in [1.165, 1.54) is 11.1 Å². The lowest BCUT2D eigenvalue weighted by Crippen LogP contribution is -2.29. The molecule has 2 aromatic heterocycles. The van der Waals surface area contributed by atoms with E-state index in [-0.39, 0.29) is 30.6 Å². The average molecular weight is 389 g/mol. The second-order valence-corrected chi connectivity index (χ2v) is 6.82. The molecular weight excluding hydrogens is 370 g/mol. The highest BCUT2D eigenvalue weighted by molar-refractivity contribution is 6.20. The van der Waals surface area contributed by atoms with Gasteiger partial charge in [-0.05, 0) is 49.7 Å². The van der Waals surface area contributed by atoms with Crippen molar-refractivity contribution >= 4 is 29.1 Å². The van der Waals surface area contributed by atoms with E-state index in [9.17, 15) is 14.4 Å². The number of aromatic nitrogens is 3. The Labute approximate surface area is 167 Å². The molecule has 8 nitrogen and oxygen atoms in total.